The fourth-order valence-corrected chi connectivity index (χ4v) is 0.564. The zero-order valence-electron chi connectivity index (χ0n) is 5.83. The molecule has 0 aliphatic heterocycles. The van der Waals surface area contributed by atoms with Crippen molar-refractivity contribution < 1.29 is 14.7 Å². The Morgan fingerprint density at radius 1 is 1.60 bits per heavy atom. The van der Waals surface area contributed by atoms with Crippen molar-refractivity contribution in [1.29, 1.82) is 0 Å². The maximum absolute atomic E-state index is 10.7. The highest BCUT2D eigenvalue weighted by Gasteiger charge is 2.14. The summed E-state index contributed by atoms with van der Waals surface area (Å²) in [6.07, 6.45) is 0.0289. The van der Waals surface area contributed by atoms with Gasteiger partial charge >= 0.3 is 5.97 Å². The number of carbonyl (C=O) groups is 2. The molecule has 0 aromatic carbocycles. The first kappa shape index (κ1) is 9.10. The Morgan fingerprint density at radius 2 is 2.10 bits per heavy atom. The topological polar surface area (TPSA) is 80.4 Å². The summed E-state index contributed by atoms with van der Waals surface area (Å²) >= 11 is 0. The van der Waals surface area contributed by atoms with Crippen LogP contribution in [-0.4, -0.2) is 22.9 Å². The van der Waals surface area contributed by atoms with E-state index in [1.165, 1.54) is 0 Å². The van der Waals surface area contributed by atoms with Gasteiger partial charge in [0.1, 0.15) is 5.78 Å². The van der Waals surface area contributed by atoms with E-state index in [1.54, 1.807) is 6.92 Å². The van der Waals surface area contributed by atoms with Crippen LogP contribution < -0.4 is 5.73 Å². The van der Waals surface area contributed by atoms with Crippen LogP contribution in [0.15, 0.2) is 0 Å². The molecule has 4 heteroatoms. The minimum absolute atomic E-state index is 0.206. The number of ketones is 1. The first-order chi connectivity index (χ1) is 4.57. The van der Waals surface area contributed by atoms with Gasteiger partial charge in [0.05, 0.1) is 12.5 Å². The molecule has 0 saturated heterocycles. The second-order valence-corrected chi connectivity index (χ2v) is 2.02. The Hall–Kier alpha value is -0.900. The Bertz CT molecular complexity index is 144. The summed E-state index contributed by atoms with van der Waals surface area (Å²) in [5, 5.41) is 8.20. The maximum Gasteiger partial charge on any atom is 0.305 e. The average Bonchev–Trinajstić information content (AvgIpc) is 1.85. The van der Waals surface area contributed by atoms with E-state index in [4.69, 9.17) is 10.8 Å². The molecule has 3 N–H and O–H groups in total. The molecule has 0 aliphatic rings. The number of rotatable bonds is 4. The van der Waals surface area contributed by atoms with Crippen molar-refractivity contribution >= 4 is 11.8 Å². The van der Waals surface area contributed by atoms with E-state index < -0.39 is 12.0 Å². The van der Waals surface area contributed by atoms with Crippen molar-refractivity contribution in [3.63, 3.8) is 0 Å². The lowest BCUT2D eigenvalue weighted by Gasteiger charge is -2.03. The highest BCUT2D eigenvalue weighted by molar-refractivity contribution is 5.87. The van der Waals surface area contributed by atoms with Gasteiger partial charge in [0, 0.05) is 6.42 Å². The van der Waals surface area contributed by atoms with Gasteiger partial charge in [-0.15, -0.1) is 0 Å². The molecular formula is C6H11NO3. The quantitative estimate of drug-likeness (QED) is 0.572. The van der Waals surface area contributed by atoms with Gasteiger partial charge in [0.2, 0.25) is 0 Å². The molecule has 0 saturated carbocycles. The molecule has 0 spiro atoms. The number of carboxylic acid groups (broad SMARTS) is 1. The monoisotopic (exact) mass is 145 g/mol. The van der Waals surface area contributed by atoms with Crippen LogP contribution in [0.3, 0.4) is 0 Å². The van der Waals surface area contributed by atoms with E-state index in [-0.39, 0.29) is 12.2 Å². The second kappa shape index (κ2) is 4.00. The van der Waals surface area contributed by atoms with Gasteiger partial charge in [0.25, 0.3) is 0 Å². The van der Waals surface area contributed by atoms with Gasteiger partial charge in [-0.05, 0) is 0 Å². The largest absolute Gasteiger partial charge is 0.481 e. The van der Waals surface area contributed by atoms with Crippen LogP contribution in [0.1, 0.15) is 19.8 Å². The molecule has 0 radical (unpaired) electrons. The summed E-state index contributed by atoms with van der Waals surface area (Å²) in [6, 6.07) is -0.831. The fraction of sp³-hybridized carbons (Fsp3) is 0.667. The van der Waals surface area contributed by atoms with Crippen molar-refractivity contribution in [1.82, 2.24) is 0 Å². The SMILES string of the molecule is CCC(=O)[C@@H](N)CC(=O)O. The number of nitrogens with two attached hydrogens (primary N) is 1. The smallest absolute Gasteiger partial charge is 0.305 e. The molecule has 10 heavy (non-hydrogen) atoms. The highest BCUT2D eigenvalue weighted by atomic mass is 16.4. The van der Waals surface area contributed by atoms with Crippen LogP contribution in [-0.2, 0) is 9.59 Å². The van der Waals surface area contributed by atoms with Gasteiger partial charge in [-0.25, -0.2) is 0 Å². The third-order valence-corrected chi connectivity index (χ3v) is 1.16. The van der Waals surface area contributed by atoms with Crippen molar-refractivity contribution in [3.05, 3.63) is 0 Å². The number of carbonyl (C=O) groups excluding carboxylic acids is 1. The molecule has 0 unspecified atom stereocenters. The molecule has 58 valence electrons. The van der Waals surface area contributed by atoms with Crippen LogP contribution in [0.4, 0.5) is 0 Å². The normalized spacial score (nSPS) is 12.6. The molecule has 4 nitrogen and oxygen atoms in total. The Kier molecular flexibility index (Phi) is 3.64. The summed E-state index contributed by atoms with van der Waals surface area (Å²) in [5.74, 6) is -1.24. The molecule has 0 aromatic rings. The standard InChI is InChI=1S/C6H11NO3/c1-2-5(8)4(7)3-6(9)10/h4H,2-3,7H2,1H3,(H,9,10)/t4-/m0/s1. The first-order valence-electron chi connectivity index (χ1n) is 3.08. The summed E-state index contributed by atoms with van der Waals surface area (Å²) in [4.78, 5) is 20.7. The van der Waals surface area contributed by atoms with E-state index in [1.807, 2.05) is 0 Å². The number of hydrogen-bond acceptors (Lipinski definition) is 3. The Labute approximate surface area is 59.0 Å². The molecule has 1 atom stereocenters. The first-order valence-corrected chi connectivity index (χ1v) is 3.08. The fourth-order valence-electron chi connectivity index (χ4n) is 0.564. The molecule has 0 heterocycles. The van der Waals surface area contributed by atoms with Crippen LogP contribution >= 0.6 is 0 Å². The average molecular weight is 145 g/mol. The van der Waals surface area contributed by atoms with Crippen molar-refractivity contribution in [3.8, 4) is 0 Å². The predicted molar refractivity (Wildman–Crippen MR) is 35.5 cm³/mol. The van der Waals surface area contributed by atoms with E-state index in [0.29, 0.717) is 6.42 Å². The summed E-state index contributed by atoms with van der Waals surface area (Å²) in [5.41, 5.74) is 5.20. The molecule has 0 bridgehead atoms. The lowest BCUT2D eigenvalue weighted by atomic mass is 10.1. The minimum Gasteiger partial charge on any atom is -0.481 e. The molecule has 0 aromatic heterocycles. The zero-order valence-corrected chi connectivity index (χ0v) is 5.83. The Morgan fingerprint density at radius 3 is 2.40 bits per heavy atom. The van der Waals surface area contributed by atoms with Gasteiger partial charge in [0.15, 0.2) is 0 Å². The van der Waals surface area contributed by atoms with Crippen molar-refractivity contribution in [2.24, 2.45) is 5.73 Å². The number of aliphatic carboxylic acids is 1. The van der Waals surface area contributed by atoms with Gasteiger partial charge in [-0.1, -0.05) is 6.92 Å². The van der Waals surface area contributed by atoms with E-state index in [2.05, 4.69) is 0 Å². The molecular weight excluding hydrogens is 134 g/mol. The zero-order chi connectivity index (χ0) is 8.15. The second-order valence-electron chi connectivity index (χ2n) is 2.02. The lowest BCUT2D eigenvalue weighted by molar-refractivity contribution is -0.139. The van der Waals surface area contributed by atoms with Crippen LogP contribution in [0.25, 0.3) is 0 Å². The molecule has 0 fully saturated rings. The number of hydrogen-bond donors (Lipinski definition) is 2. The van der Waals surface area contributed by atoms with Gasteiger partial charge < -0.3 is 10.8 Å². The Balaban J connectivity index is 3.72. The summed E-state index contributed by atoms with van der Waals surface area (Å²) in [6.45, 7) is 1.66. The third kappa shape index (κ3) is 3.19. The number of Topliss-reactive ketones (excluding diaryl/α,β-unsaturated/α-hetero) is 1. The van der Waals surface area contributed by atoms with Gasteiger partial charge in [-0.2, -0.15) is 0 Å². The summed E-state index contributed by atoms with van der Waals surface area (Å²) in [7, 11) is 0. The van der Waals surface area contributed by atoms with Gasteiger partial charge in [-0.3, -0.25) is 9.59 Å². The summed E-state index contributed by atoms with van der Waals surface area (Å²) < 4.78 is 0. The van der Waals surface area contributed by atoms with E-state index in [9.17, 15) is 9.59 Å². The highest BCUT2D eigenvalue weighted by Crippen LogP contribution is 1.92. The lowest BCUT2D eigenvalue weighted by Crippen LogP contribution is -2.32. The molecule has 0 amide bonds. The maximum atomic E-state index is 10.7. The van der Waals surface area contributed by atoms with Crippen molar-refractivity contribution in [2.45, 2.75) is 25.8 Å². The van der Waals surface area contributed by atoms with Crippen molar-refractivity contribution in [2.75, 3.05) is 0 Å². The van der Waals surface area contributed by atoms with Crippen LogP contribution in [0.5, 0.6) is 0 Å². The van der Waals surface area contributed by atoms with E-state index >= 15 is 0 Å². The van der Waals surface area contributed by atoms with Crippen LogP contribution in [0, 0.1) is 0 Å². The molecule has 0 rings (SSSR count). The minimum atomic E-state index is -1.03. The van der Waals surface area contributed by atoms with Crippen LogP contribution in [0.2, 0.25) is 0 Å². The van der Waals surface area contributed by atoms with E-state index in [0.717, 1.165) is 0 Å². The predicted octanol–water partition coefficient (Wildman–Crippen LogP) is -0.233. The number of carboxylic acids is 1. The molecule has 0 aliphatic carbocycles. The third-order valence-electron chi connectivity index (χ3n) is 1.16.